The molecule has 0 saturated carbocycles. The number of benzene rings is 4. The van der Waals surface area contributed by atoms with Gasteiger partial charge in [0, 0.05) is 23.0 Å². The number of carboxylic acid groups (broad SMARTS) is 1. The van der Waals surface area contributed by atoms with Crippen LogP contribution in [0, 0.1) is 13.8 Å². The number of nitrogens with one attached hydrogen (secondary N) is 1. The molecule has 0 aliphatic carbocycles. The van der Waals surface area contributed by atoms with E-state index >= 15 is 0 Å². The molecule has 4 aromatic rings. The fourth-order valence-corrected chi connectivity index (χ4v) is 4.80. The molecule has 40 heavy (non-hydrogen) atoms. The smallest absolute Gasteiger partial charge is 0.416 e. The Morgan fingerprint density at radius 3 is 2.27 bits per heavy atom. The molecule has 0 atom stereocenters. The highest BCUT2D eigenvalue weighted by atomic mass is 19.4. The molecule has 4 aromatic carbocycles. The molecular formula is C31H23F3N2O4. The lowest BCUT2D eigenvalue weighted by Crippen LogP contribution is -2.21. The van der Waals surface area contributed by atoms with E-state index in [1.54, 1.807) is 42.5 Å². The number of rotatable bonds is 5. The number of aromatic carboxylic acids is 1. The first-order valence-electron chi connectivity index (χ1n) is 12.2. The number of fused-ring (bicyclic) bond motifs is 1. The van der Waals surface area contributed by atoms with Crippen LogP contribution in [0.4, 0.5) is 30.2 Å². The van der Waals surface area contributed by atoms with Gasteiger partial charge in [0.2, 0.25) is 0 Å². The van der Waals surface area contributed by atoms with Crippen LogP contribution >= 0.6 is 0 Å². The second kappa shape index (κ2) is 9.92. The Bertz CT molecular complexity index is 1690. The molecule has 202 valence electrons. The number of aromatic hydroxyl groups is 1. The predicted molar refractivity (Wildman–Crippen MR) is 147 cm³/mol. The molecule has 0 spiro atoms. The second-order valence-electron chi connectivity index (χ2n) is 9.51. The number of nitrogens with zero attached hydrogens (tertiary/aromatic N) is 1. The first-order chi connectivity index (χ1) is 18.9. The van der Waals surface area contributed by atoms with Gasteiger partial charge in [-0.1, -0.05) is 36.4 Å². The molecule has 0 bridgehead atoms. The predicted octanol–water partition coefficient (Wildman–Crippen LogP) is 7.52. The number of phenolic OH excluding ortho intramolecular Hbond substituents is 1. The fraction of sp³-hybridized carbons (Fsp3) is 0.0968. The maximum Gasteiger partial charge on any atom is 0.416 e. The molecule has 1 aliphatic rings. The van der Waals surface area contributed by atoms with Crippen molar-refractivity contribution in [1.29, 1.82) is 0 Å². The third-order valence-electron chi connectivity index (χ3n) is 6.58. The Morgan fingerprint density at radius 2 is 1.60 bits per heavy atom. The van der Waals surface area contributed by atoms with Crippen LogP contribution < -0.4 is 10.2 Å². The number of anilines is 3. The molecule has 1 aliphatic heterocycles. The van der Waals surface area contributed by atoms with E-state index in [4.69, 9.17) is 0 Å². The summed E-state index contributed by atoms with van der Waals surface area (Å²) in [4.78, 5) is 26.3. The number of para-hydroxylation sites is 1. The maximum absolute atomic E-state index is 13.7. The molecular weight excluding hydrogens is 521 g/mol. The van der Waals surface area contributed by atoms with E-state index in [-0.39, 0.29) is 28.3 Å². The minimum atomic E-state index is -4.60. The van der Waals surface area contributed by atoms with Gasteiger partial charge in [0.25, 0.3) is 5.91 Å². The van der Waals surface area contributed by atoms with E-state index in [1.807, 2.05) is 19.9 Å². The van der Waals surface area contributed by atoms with Gasteiger partial charge in [-0.2, -0.15) is 13.2 Å². The van der Waals surface area contributed by atoms with Gasteiger partial charge in [-0.3, -0.25) is 9.69 Å². The van der Waals surface area contributed by atoms with Crippen molar-refractivity contribution in [3.63, 3.8) is 0 Å². The number of carbonyl (C=O) groups excluding carboxylic acids is 1. The van der Waals surface area contributed by atoms with Gasteiger partial charge >= 0.3 is 12.1 Å². The monoisotopic (exact) mass is 544 g/mol. The van der Waals surface area contributed by atoms with Gasteiger partial charge in [-0.15, -0.1) is 0 Å². The van der Waals surface area contributed by atoms with E-state index in [0.29, 0.717) is 22.4 Å². The first kappa shape index (κ1) is 26.6. The van der Waals surface area contributed by atoms with Crippen LogP contribution in [-0.2, 0) is 11.0 Å². The second-order valence-corrected chi connectivity index (χ2v) is 9.51. The summed E-state index contributed by atoms with van der Waals surface area (Å²) < 4.78 is 40.7. The van der Waals surface area contributed by atoms with Crippen LogP contribution in [0.1, 0.15) is 32.6 Å². The molecule has 0 aromatic heterocycles. The van der Waals surface area contributed by atoms with Crippen molar-refractivity contribution >= 4 is 34.5 Å². The molecule has 1 amide bonds. The summed E-state index contributed by atoms with van der Waals surface area (Å²) in [5, 5.41) is 23.2. The number of hydrogen-bond donors (Lipinski definition) is 3. The van der Waals surface area contributed by atoms with Crippen LogP contribution in [0.3, 0.4) is 0 Å². The molecule has 0 radical (unpaired) electrons. The van der Waals surface area contributed by atoms with Crippen LogP contribution in [0.2, 0.25) is 0 Å². The maximum atomic E-state index is 13.7. The van der Waals surface area contributed by atoms with Crippen LogP contribution in [0.25, 0.3) is 16.7 Å². The van der Waals surface area contributed by atoms with Crippen LogP contribution in [0.15, 0.2) is 85.1 Å². The Kier molecular flexibility index (Phi) is 6.59. The minimum Gasteiger partial charge on any atom is -0.505 e. The Hall–Kier alpha value is -5.05. The van der Waals surface area contributed by atoms with Gasteiger partial charge in [0.05, 0.1) is 28.1 Å². The van der Waals surface area contributed by atoms with Crippen molar-refractivity contribution in [2.24, 2.45) is 0 Å². The third-order valence-corrected chi connectivity index (χ3v) is 6.58. The molecule has 1 heterocycles. The molecule has 0 saturated heterocycles. The number of hydrogen-bond acceptors (Lipinski definition) is 4. The summed E-state index contributed by atoms with van der Waals surface area (Å²) >= 11 is 0. The lowest BCUT2D eigenvalue weighted by molar-refractivity contribution is -0.137. The number of halogens is 3. The van der Waals surface area contributed by atoms with Gasteiger partial charge in [0.15, 0.2) is 0 Å². The zero-order valence-electron chi connectivity index (χ0n) is 21.4. The quantitative estimate of drug-likeness (QED) is 0.179. The molecule has 5 rings (SSSR count). The van der Waals surface area contributed by atoms with Crippen molar-refractivity contribution in [2.45, 2.75) is 20.0 Å². The molecule has 0 unspecified atom stereocenters. The summed E-state index contributed by atoms with van der Waals surface area (Å²) in [7, 11) is 0. The topological polar surface area (TPSA) is 89.9 Å². The average molecular weight is 545 g/mol. The molecule has 3 N–H and O–H groups in total. The van der Waals surface area contributed by atoms with E-state index in [1.165, 1.54) is 29.3 Å². The molecule has 9 heteroatoms. The summed E-state index contributed by atoms with van der Waals surface area (Å²) in [5.41, 5.74) is 2.86. The number of phenols is 1. The summed E-state index contributed by atoms with van der Waals surface area (Å²) in [5.74, 6) is -1.83. The fourth-order valence-electron chi connectivity index (χ4n) is 4.80. The standard InChI is InChI=1S/C31H23F3N2O4/c1-17-11-18(2)13-22(12-17)36-27-15-21(31(32,33)34)9-10-24(27)25(29(36)38)16-35-26-8-4-7-23(28(26)37)19-5-3-6-20(14-19)30(39)40/h3-16,35,37H,1-2H3,(H,39,40). The molecule has 0 fully saturated rings. The Balaban J connectivity index is 1.57. The summed E-state index contributed by atoms with van der Waals surface area (Å²) in [6.07, 6.45) is -3.25. The number of amides is 1. The minimum absolute atomic E-state index is 0.0512. The largest absolute Gasteiger partial charge is 0.505 e. The molecule has 6 nitrogen and oxygen atoms in total. The highest BCUT2D eigenvalue weighted by Crippen LogP contribution is 2.45. The summed E-state index contributed by atoms with van der Waals surface area (Å²) in [6.45, 7) is 3.68. The normalized spacial score (nSPS) is 14.0. The SMILES string of the molecule is Cc1cc(C)cc(N2C(=O)C(=CNc3cccc(-c4cccc(C(=O)O)c4)c3O)c3ccc(C(F)(F)F)cc32)c1. The van der Waals surface area contributed by atoms with Crippen molar-refractivity contribution in [3.05, 3.63) is 113 Å². The summed E-state index contributed by atoms with van der Waals surface area (Å²) in [6, 6.07) is 19.4. The zero-order valence-corrected chi connectivity index (χ0v) is 21.4. The van der Waals surface area contributed by atoms with Gasteiger partial charge in [-0.05, 0) is 73.0 Å². The van der Waals surface area contributed by atoms with Crippen molar-refractivity contribution < 1.29 is 33.0 Å². The van der Waals surface area contributed by atoms with Gasteiger partial charge in [0.1, 0.15) is 5.75 Å². The number of aryl methyl sites for hydroxylation is 2. The third kappa shape index (κ3) is 4.89. The lowest BCUT2D eigenvalue weighted by Gasteiger charge is -2.19. The number of carbonyl (C=O) groups is 2. The number of carboxylic acids is 1. The van der Waals surface area contributed by atoms with Crippen LogP contribution in [-0.4, -0.2) is 22.1 Å². The van der Waals surface area contributed by atoms with Crippen molar-refractivity contribution in [3.8, 4) is 16.9 Å². The highest BCUT2D eigenvalue weighted by Gasteiger charge is 2.38. The van der Waals surface area contributed by atoms with Gasteiger partial charge in [-0.25, -0.2) is 4.79 Å². The van der Waals surface area contributed by atoms with E-state index in [2.05, 4.69) is 5.32 Å². The van der Waals surface area contributed by atoms with Crippen molar-refractivity contribution in [1.82, 2.24) is 0 Å². The average Bonchev–Trinajstić information content (AvgIpc) is 3.17. The Labute approximate surface area is 227 Å². The highest BCUT2D eigenvalue weighted by molar-refractivity contribution is 6.35. The van der Waals surface area contributed by atoms with E-state index in [9.17, 15) is 33.0 Å². The van der Waals surface area contributed by atoms with Crippen LogP contribution in [0.5, 0.6) is 5.75 Å². The van der Waals surface area contributed by atoms with E-state index < -0.39 is 23.6 Å². The van der Waals surface area contributed by atoms with E-state index in [0.717, 1.165) is 23.3 Å². The lowest BCUT2D eigenvalue weighted by atomic mass is 10.0. The Morgan fingerprint density at radius 1 is 0.900 bits per heavy atom. The van der Waals surface area contributed by atoms with Crippen molar-refractivity contribution in [2.75, 3.05) is 10.2 Å². The van der Waals surface area contributed by atoms with Gasteiger partial charge < -0.3 is 15.5 Å². The zero-order chi connectivity index (χ0) is 28.8. The first-order valence-corrected chi connectivity index (χ1v) is 12.2. The number of alkyl halides is 3.